The van der Waals surface area contributed by atoms with Gasteiger partial charge in [-0.05, 0) is 61.1 Å². The first-order valence-electron chi connectivity index (χ1n) is 8.84. The van der Waals surface area contributed by atoms with Gasteiger partial charge in [-0.1, -0.05) is 37.3 Å². The Morgan fingerprint density at radius 2 is 1.96 bits per heavy atom. The van der Waals surface area contributed by atoms with Crippen LogP contribution >= 0.6 is 0 Å². The molecule has 0 aromatic heterocycles. The summed E-state index contributed by atoms with van der Waals surface area (Å²) in [4.78, 5) is 14.0. The molecule has 3 heteroatoms. The average Bonchev–Trinajstić information content (AvgIpc) is 2.48. The van der Waals surface area contributed by atoms with Crippen molar-refractivity contribution in [2.45, 2.75) is 57.1 Å². The van der Waals surface area contributed by atoms with Crippen molar-refractivity contribution in [3.8, 4) is 0 Å². The van der Waals surface area contributed by atoms with E-state index in [1.54, 1.807) is 0 Å². The second-order valence-corrected chi connectivity index (χ2v) is 7.11. The molecule has 0 radical (unpaired) electrons. The monoisotopic (exact) mass is 313 g/mol. The third-order valence-corrected chi connectivity index (χ3v) is 5.43. The van der Waals surface area contributed by atoms with Gasteiger partial charge in [0, 0.05) is 13.1 Å². The molecule has 2 fully saturated rings. The summed E-state index contributed by atoms with van der Waals surface area (Å²) in [5, 5.41) is 9.37. The molecule has 0 unspecified atom stereocenters. The number of carbonyl (C=O) groups excluding carboxylic acids is 1. The largest absolute Gasteiger partial charge is 0.393 e. The molecular formula is C20H27NO2. The quantitative estimate of drug-likeness (QED) is 0.781. The first-order chi connectivity index (χ1) is 11.2. The van der Waals surface area contributed by atoms with E-state index in [4.69, 9.17) is 0 Å². The lowest BCUT2D eigenvalue weighted by atomic mass is 9.80. The van der Waals surface area contributed by atoms with Gasteiger partial charge in [-0.25, -0.2) is 0 Å². The number of amides is 1. The molecule has 2 saturated carbocycles. The number of aliphatic hydroxyl groups excluding tert-OH is 1. The highest BCUT2D eigenvalue weighted by molar-refractivity contribution is 5.86. The van der Waals surface area contributed by atoms with E-state index in [0.29, 0.717) is 12.5 Å². The van der Waals surface area contributed by atoms with Gasteiger partial charge < -0.3 is 10.0 Å². The van der Waals surface area contributed by atoms with Crippen LogP contribution in [0.1, 0.15) is 55.6 Å². The van der Waals surface area contributed by atoms with Crippen LogP contribution in [0.4, 0.5) is 0 Å². The molecule has 0 saturated heterocycles. The molecule has 1 amide bonds. The standard InChI is InChI=1S/C20H27NO2/c1-2-20(23)21(11-10-16-12-19(22)13-16)14-15-6-8-18(9-7-15)17-4-3-5-17/h2,6-9,16-17,19,22H,1,3-5,10-14H2. The number of rotatable bonds is 7. The molecule has 0 aliphatic heterocycles. The summed E-state index contributed by atoms with van der Waals surface area (Å²) in [6, 6.07) is 8.75. The van der Waals surface area contributed by atoms with E-state index in [-0.39, 0.29) is 12.0 Å². The third-order valence-electron chi connectivity index (χ3n) is 5.43. The van der Waals surface area contributed by atoms with Crippen molar-refractivity contribution in [1.82, 2.24) is 4.90 Å². The summed E-state index contributed by atoms with van der Waals surface area (Å²) in [7, 11) is 0. The molecule has 1 aromatic carbocycles. The summed E-state index contributed by atoms with van der Waals surface area (Å²) in [5.74, 6) is 1.30. The van der Waals surface area contributed by atoms with Crippen LogP contribution in [0.15, 0.2) is 36.9 Å². The zero-order valence-corrected chi connectivity index (χ0v) is 13.8. The first kappa shape index (κ1) is 16.3. The Morgan fingerprint density at radius 1 is 1.26 bits per heavy atom. The van der Waals surface area contributed by atoms with Crippen LogP contribution < -0.4 is 0 Å². The topological polar surface area (TPSA) is 40.5 Å². The van der Waals surface area contributed by atoms with Crippen molar-refractivity contribution in [2.75, 3.05) is 6.54 Å². The lowest BCUT2D eigenvalue weighted by molar-refractivity contribution is -0.127. The van der Waals surface area contributed by atoms with Crippen LogP contribution in [0, 0.1) is 5.92 Å². The van der Waals surface area contributed by atoms with Gasteiger partial charge in [0.15, 0.2) is 0 Å². The first-order valence-corrected chi connectivity index (χ1v) is 8.84. The Bertz CT molecular complexity index is 541. The highest BCUT2D eigenvalue weighted by Gasteiger charge is 2.27. The van der Waals surface area contributed by atoms with Crippen molar-refractivity contribution in [1.29, 1.82) is 0 Å². The fraction of sp³-hybridized carbons (Fsp3) is 0.550. The zero-order valence-electron chi connectivity index (χ0n) is 13.8. The summed E-state index contributed by atoms with van der Waals surface area (Å²) in [6.07, 6.45) is 7.99. The predicted octanol–water partition coefficient (Wildman–Crippen LogP) is 3.63. The lowest BCUT2D eigenvalue weighted by Gasteiger charge is -2.33. The molecule has 0 spiro atoms. The molecule has 0 heterocycles. The van der Waals surface area contributed by atoms with E-state index in [0.717, 1.165) is 31.7 Å². The number of aliphatic hydroxyl groups is 1. The van der Waals surface area contributed by atoms with Gasteiger partial charge in [0.1, 0.15) is 0 Å². The maximum atomic E-state index is 12.1. The van der Waals surface area contributed by atoms with Crippen molar-refractivity contribution in [3.63, 3.8) is 0 Å². The van der Waals surface area contributed by atoms with Crippen LogP contribution in [-0.4, -0.2) is 28.6 Å². The SMILES string of the molecule is C=CC(=O)N(CCC1CC(O)C1)Cc1ccc(C2CCC2)cc1. The Kier molecular flexibility index (Phi) is 5.16. The molecule has 0 atom stereocenters. The molecule has 2 aliphatic rings. The molecule has 0 bridgehead atoms. The van der Waals surface area contributed by atoms with Crippen molar-refractivity contribution < 1.29 is 9.90 Å². The smallest absolute Gasteiger partial charge is 0.246 e. The van der Waals surface area contributed by atoms with E-state index in [1.807, 2.05) is 4.90 Å². The summed E-state index contributed by atoms with van der Waals surface area (Å²) in [6.45, 7) is 5.01. The van der Waals surface area contributed by atoms with Gasteiger partial charge in [0.05, 0.1) is 6.10 Å². The average molecular weight is 313 g/mol. The number of benzene rings is 1. The number of carbonyl (C=O) groups is 1. The van der Waals surface area contributed by atoms with E-state index >= 15 is 0 Å². The Labute approximate surface area is 139 Å². The van der Waals surface area contributed by atoms with Crippen molar-refractivity contribution in [3.05, 3.63) is 48.0 Å². The second kappa shape index (κ2) is 7.31. The van der Waals surface area contributed by atoms with Gasteiger partial charge in [-0.15, -0.1) is 0 Å². The van der Waals surface area contributed by atoms with Gasteiger partial charge in [0.2, 0.25) is 5.91 Å². The van der Waals surface area contributed by atoms with E-state index in [2.05, 4.69) is 30.8 Å². The molecule has 23 heavy (non-hydrogen) atoms. The van der Waals surface area contributed by atoms with E-state index < -0.39 is 0 Å². The molecule has 3 rings (SSSR count). The predicted molar refractivity (Wildman–Crippen MR) is 92.0 cm³/mol. The van der Waals surface area contributed by atoms with Gasteiger partial charge in [-0.2, -0.15) is 0 Å². The second-order valence-electron chi connectivity index (χ2n) is 7.11. The van der Waals surface area contributed by atoms with Crippen molar-refractivity contribution >= 4 is 5.91 Å². The van der Waals surface area contributed by atoms with E-state index in [9.17, 15) is 9.90 Å². The molecule has 124 valence electrons. The number of hydrogen-bond acceptors (Lipinski definition) is 2. The minimum Gasteiger partial charge on any atom is -0.393 e. The van der Waals surface area contributed by atoms with E-state index in [1.165, 1.54) is 36.5 Å². The molecule has 3 nitrogen and oxygen atoms in total. The van der Waals surface area contributed by atoms with Crippen LogP contribution in [0.2, 0.25) is 0 Å². The van der Waals surface area contributed by atoms with Crippen LogP contribution in [-0.2, 0) is 11.3 Å². The third kappa shape index (κ3) is 4.03. The fourth-order valence-electron chi connectivity index (χ4n) is 3.53. The van der Waals surface area contributed by atoms with Gasteiger partial charge in [0.25, 0.3) is 0 Å². The maximum absolute atomic E-state index is 12.1. The van der Waals surface area contributed by atoms with Gasteiger partial charge in [-0.3, -0.25) is 4.79 Å². The minimum atomic E-state index is -0.123. The normalized spacial score (nSPS) is 23.7. The Hall–Kier alpha value is -1.61. The van der Waals surface area contributed by atoms with Crippen LogP contribution in [0.5, 0.6) is 0 Å². The van der Waals surface area contributed by atoms with Gasteiger partial charge >= 0.3 is 0 Å². The molecule has 1 aromatic rings. The summed E-state index contributed by atoms with van der Waals surface area (Å²) >= 11 is 0. The molecule has 2 aliphatic carbocycles. The fourth-order valence-corrected chi connectivity index (χ4v) is 3.53. The highest BCUT2D eigenvalue weighted by Crippen LogP contribution is 2.36. The Morgan fingerprint density at radius 3 is 2.48 bits per heavy atom. The number of hydrogen-bond donors (Lipinski definition) is 1. The maximum Gasteiger partial charge on any atom is 0.246 e. The molecular weight excluding hydrogens is 286 g/mol. The van der Waals surface area contributed by atoms with Crippen molar-refractivity contribution in [2.24, 2.45) is 5.92 Å². The summed E-state index contributed by atoms with van der Waals surface area (Å²) < 4.78 is 0. The summed E-state index contributed by atoms with van der Waals surface area (Å²) in [5.41, 5.74) is 2.61. The number of nitrogens with zero attached hydrogens (tertiary/aromatic N) is 1. The Balaban J connectivity index is 1.56. The lowest BCUT2D eigenvalue weighted by Crippen LogP contribution is -2.35. The van der Waals surface area contributed by atoms with Crippen LogP contribution in [0.25, 0.3) is 0 Å². The van der Waals surface area contributed by atoms with Crippen LogP contribution in [0.3, 0.4) is 0 Å². The highest BCUT2D eigenvalue weighted by atomic mass is 16.3. The molecule has 1 N–H and O–H groups in total. The minimum absolute atomic E-state index is 0.00654. The zero-order chi connectivity index (χ0) is 16.2.